The third kappa shape index (κ3) is 1.52. The van der Waals surface area contributed by atoms with Crippen LogP contribution in [0.15, 0.2) is 39.5 Å². The van der Waals surface area contributed by atoms with Gasteiger partial charge in [0.15, 0.2) is 11.3 Å². The molecule has 0 aliphatic rings. The molecule has 96 valence electrons. The predicted molar refractivity (Wildman–Crippen MR) is 69.9 cm³/mol. The first-order valence-corrected chi connectivity index (χ1v) is 5.58. The Bertz CT molecular complexity index is 848. The Morgan fingerprint density at radius 1 is 1.21 bits per heavy atom. The number of methoxy groups -OCH3 is 1. The van der Waals surface area contributed by atoms with Gasteiger partial charge in [-0.15, -0.1) is 0 Å². The second-order valence-electron chi connectivity index (χ2n) is 4.08. The van der Waals surface area contributed by atoms with Crippen LogP contribution < -0.4 is 10.2 Å². The van der Waals surface area contributed by atoms with Crippen molar-refractivity contribution in [1.29, 1.82) is 0 Å². The average molecular weight is 258 g/mol. The average Bonchev–Trinajstić information content (AvgIpc) is 2.42. The number of para-hydroxylation sites is 1. The molecule has 0 amide bonds. The lowest BCUT2D eigenvalue weighted by atomic mass is 10.1. The molecule has 0 saturated carbocycles. The lowest BCUT2D eigenvalue weighted by molar-refractivity contribution is 0.368. The van der Waals surface area contributed by atoms with E-state index in [1.807, 2.05) is 0 Å². The summed E-state index contributed by atoms with van der Waals surface area (Å²) in [6.07, 6.45) is 0. The third-order valence-electron chi connectivity index (χ3n) is 2.99. The van der Waals surface area contributed by atoms with Crippen molar-refractivity contribution < 1.29 is 19.4 Å². The molecule has 19 heavy (non-hydrogen) atoms. The molecule has 2 aromatic carbocycles. The molecular weight excluding hydrogens is 248 g/mol. The van der Waals surface area contributed by atoms with Crippen molar-refractivity contribution in [3.8, 4) is 17.2 Å². The van der Waals surface area contributed by atoms with Crippen molar-refractivity contribution in [2.45, 2.75) is 0 Å². The van der Waals surface area contributed by atoms with Crippen molar-refractivity contribution in [3.05, 3.63) is 40.6 Å². The largest absolute Gasteiger partial charge is 0.507 e. The molecule has 0 bridgehead atoms. The van der Waals surface area contributed by atoms with Gasteiger partial charge in [-0.25, -0.2) is 0 Å². The van der Waals surface area contributed by atoms with E-state index in [0.717, 1.165) is 0 Å². The van der Waals surface area contributed by atoms with Gasteiger partial charge in [0.2, 0.25) is 11.2 Å². The minimum absolute atomic E-state index is 0.0448. The number of ether oxygens (including phenoxy) is 1. The summed E-state index contributed by atoms with van der Waals surface area (Å²) in [4.78, 5) is 12.3. The van der Waals surface area contributed by atoms with Gasteiger partial charge in [-0.1, -0.05) is 12.1 Å². The van der Waals surface area contributed by atoms with Crippen LogP contribution in [0.3, 0.4) is 0 Å². The first-order chi connectivity index (χ1) is 9.13. The molecule has 5 heteroatoms. The Hall–Kier alpha value is -2.69. The summed E-state index contributed by atoms with van der Waals surface area (Å²) >= 11 is 0. The molecule has 2 N–H and O–H groups in total. The summed E-state index contributed by atoms with van der Waals surface area (Å²) in [5, 5.41) is 20.2. The Kier molecular flexibility index (Phi) is 2.35. The van der Waals surface area contributed by atoms with E-state index in [9.17, 15) is 15.0 Å². The van der Waals surface area contributed by atoms with Gasteiger partial charge in [0, 0.05) is 6.07 Å². The third-order valence-corrected chi connectivity index (χ3v) is 2.99. The van der Waals surface area contributed by atoms with Gasteiger partial charge in [0.1, 0.15) is 16.7 Å². The lowest BCUT2D eigenvalue weighted by Gasteiger charge is -2.08. The molecule has 0 aliphatic carbocycles. The van der Waals surface area contributed by atoms with Gasteiger partial charge in [-0.2, -0.15) is 0 Å². The number of fused-ring (bicyclic) bond motifs is 2. The van der Waals surface area contributed by atoms with Crippen LogP contribution >= 0.6 is 0 Å². The monoisotopic (exact) mass is 258 g/mol. The smallest absolute Gasteiger partial charge is 0.204 e. The van der Waals surface area contributed by atoms with E-state index in [-0.39, 0.29) is 28.2 Å². The maximum atomic E-state index is 12.3. The second kappa shape index (κ2) is 3.91. The van der Waals surface area contributed by atoms with Crippen LogP contribution in [-0.4, -0.2) is 17.3 Å². The molecule has 5 nitrogen and oxygen atoms in total. The number of phenols is 2. The van der Waals surface area contributed by atoms with E-state index in [1.54, 1.807) is 24.3 Å². The van der Waals surface area contributed by atoms with Gasteiger partial charge < -0.3 is 19.4 Å². The van der Waals surface area contributed by atoms with Crippen LogP contribution in [0.2, 0.25) is 0 Å². The maximum absolute atomic E-state index is 12.3. The highest BCUT2D eigenvalue weighted by atomic mass is 16.5. The number of phenolic OH excluding ortho intramolecular Hbond substituents is 2. The zero-order valence-corrected chi connectivity index (χ0v) is 10.0. The summed E-state index contributed by atoms with van der Waals surface area (Å²) < 4.78 is 10.4. The van der Waals surface area contributed by atoms with Crippen LogP contribution in [-0.2, 0) is 0 Å². The fourth-order valence-corrected chi connectivity index (χ4v) is 2.07. The van der Waals surface area contributed by atoms with E-state index >= 15 is 0 Å². The normalized spacial score (nSPS) is 11.0. The molecule has 0 unspecified atom stereocenters. The highest BCUT2D eigenvalue weighted by molar-refractivity contribution is 5.97. The minimum atomic E-state index is -0.396. The lowest BCUT2D eigenvalue weighted by Crippen LogP contribution is -2.02. The number of hydrogen-bond donors (Lipinski definition) is 2. The number of benzene rings is 2. The Labute approximate surface area is 107 Å². The molecule has 0 spiro atoms. The second-order valence-corrected chi connectivity index (χ2v) is 4.08. The van der Waals surface area contributed by atoms with Crippen molar-refractivity contribution in [3.63, 3.8) is 0 Å². The number of rotatable bonds is 1. The first-order valence-electron chi connectivity index (χ1n) is 5.58. The first kappa shape index (κ1) is 11.4. The zero-order chi connectivity index (χ0) is 13.6. The predicted octanol–water partition coefficient (Wildman–Crippen LogP) is 2.37. The molecule has 0 aliphatic heterocycles. The quantitative estimate of drug-likeness (QED) is 0.517. The van der Waals surface area contributed by atoms with E-state index in [0.29, 0.717) is 11.0 Å². The SMILES string of the molecule is COc1cc(O)c2c(=O)c3ccccc3oc2c1O. The maximum Gasteiger partial charge on any atom is 0.204 e. The molecule has 0 saturated heterocycles. The topological polar surface area (TPSA) is 79.9 Å². The summed E-state index contributed by atoms with van der Waals surface area (Å²) in [5.41, 5.74) is -0.143. The fourth-order valence-electron chi connectivity index (χ4n) is 2.07. The van der Waals surface area contributed by atoms with Crippen LogP contribution in [0.4, 0.5) is 0 Å². The highest BCUT2D eigenvalue weighted by Gasteiger charge is 2.18. The Morgan fingerprint density at radius 2 is 1.95 bits per heavy atom. The Balaban J connectivity index is 2.62. The van der Waals surface area contributed by atoms with Crippen LogP contribution in [0.5, 0.6) is 17.2 Å². The van der Waals surface area contributed by atoms with E-state index in [4.69, 9.17) is 9.15 Å². The number of hydrogen-bond acceptors (Lipinski definition) is 5. The van der Waals surface area contributed by atoms with Crippen molar-refractivity contribution in [2.24, 2.45) is 0 Å². The number of aromatic hydroxyl groups is 2. The van der Waals surface area contributed by atoms with E-state index in [2.05, 4.69) is 0 Å². The summed E-state index contributed by atoms with van der Waals surface area (Å²) in [7, 11) is 1.35. The van der Waals surface area contributed by atoms with Gasteiger partial charge in [0.25, 0.3) is 0 Å². The van der Waals surface area contributed by atoms with Gasteiger partial charge in [0.05, 0.1) is 12.5 Å². The molecular formula is C14H10O5. The molecule has 1 aromatic heterocycles. The fraction of sp³-hybridized carbons (Fsp3) is 0.0714. The molecule has 0 atom stereocenters. The summed E-state index contributed by atoms with van der Waals surface area (Å²) in [5.74, 6) is -0.550. The van der Waals surface area contributed by atoms with Crippen molar-refractivity contribution in [1.82, 2.24) is 0 Å². The minimum Gasteiger partial charge on any atom is -0.507 e. The van der Waals surface area contributed by atoms with Crippen LogP contribution in [0.25, 0.3) is 21.9 Å². The standard InChI is InChI=1S/C14H10O5/c1-18-10-6-8(15)11-12(16)7-4-2-3-5-9(7)19-14(11)13(10)17/h2-6,15,17H,1H3. The van der Waals surface area contributed by atoms with Gasteiger partial charge in [-0.3, -0.25) is 4.79 Å². The van der Waals surface area contributed by atoms with E-state index < -0.39 is 5.43 Å². The molecule has 0 radical (unpaired) electrons. The molecule has 1 heterocycles. The van der Waals surface area contributed by atoms with Gasteiger partial charge >= 0.3 is 0 Å². The van der Waals surface area contributed by atoms with Crippen LogP contribution in [0.1, 0.15) is 0 Å². The van der Waals surface area contributed by atoms with Crippen LogP contribution in [0, 0.1) is 0 Å². The Morgan fingerprint density at radius 3 is 2.68 bits per heavy atom. The zero-order valence-electron chi connectivity index (χ0n) is 10.0. The van der Waals surface area contributed by atoms with Gasteiger partial charge in [-0.05, 0) is 12.1 Å². The van der Waals surface area contributed by atoms with Crippen molar-refractivity contribution >= 4 is 21.9 Å². The highest BCUT2D eigenvalue weighted by Crippen LogP contribution is 2.39. The summed E-state index contributed by atoms with van der Waals surface area (Å²) in [6.45, 7) is 0. The molecule has 3 rings (SSSR count). The summed E-state index contributed by atoms with van der Waals surface area (Å²) in [6, 6.07) is 7.82. The molecule has 3 aromatic rings. The van der Waals surface area contributed by atoms with Crippen molar-refractivity contribution in [2.75, 3.05) is 7.11 Å². The molecule has 0 fully saturated rings. The van der Waals surface area contributed by atoms with E-state index in [1.165, 1.54) is 13.2 Å².